The van der Waals surface area contributed by atoms with Crippen molar-refractivity contribution in [3.8, 4) is 22.8 Å². The number of likely N-dealkylation sites (tertiary alicyclic amines) is 1. The van der Waals surface area contributed by atoms with Crippen molar-refractivity contribution in [2.45, 2.75) is 31.2 Å². The molecule has 1 aliphatic heterocycles. The zero-order valence-corrected chi connectivity index (χ0v) is 18.0. The van der Waals surface area contributed by atoms with Gasteiger partial charge < -0.3 is 14.7 Å². The van der Waals surface area contributed by atoms with Crippen LogP contribution in [0.3, 0.4) is 0 Å². The van der Waals surface area contributed by atoms with Gasteiger partial charge in [-0.3, -0.25) is 9.48 Å². The number of aromatic nitrogens is 6. The van der Waals surface area contributed by atoms with Crippen LogP contribution in [0.4, 0.5) is 11.8 Å². The maximum absolute atomic E-state index is 12.3. The average molecular weight is 442 g/mol. The summed E-state index contributed by atoms with van der Waals surface area (Å²) < 4.78 is 7.47. The molecular formula is C23H22N8O2. The number of hydrogen-bond donors (Lipinski definition) is 1. The van der Waals surface area contributed by atoms with E-state index in [1.54, 1.807) is 30.3 Å². The Labute approximate surface area is 189 Å². The van der Waals surface area contributed by atoms with E-state index in [9.17, 15) is 4.79 Å². The average Bonchev–Trinajstić information content (AvgIpc) is 3.22. The molecule has 0 aromatic carbocycles. The lowest BCUT2D eigenvalue weighted by Crippen LogP contribution is -2.21. The molecule has 1 amide bonds. The van der Waals surface area contributed by atoms with Gasteiger partial charge in [0, 0.05) is 38.1 Å². The number of carbonyl (C=O) groups is 1. The smallest absolute Gasteiger partial charge is 0.233 e. The van der Waals surface area contributed by atoms with Crippen LogP contribution in [0.5, 0.6) is 0 Å². The second-order valence-electron chi connectivity index (χ2n) is 8.43. The molecule has 2 aliphatic rings. The zero-order chi connectivity index (χ0) is 22.4. The maximum Gasteiger partial charge on any atom is 0.233 e. The van der Waals surface area contributed by atoms with Crippen molar-refractivity contribution < 1.29 is 9.32 Å². The molecule has 4 aromatic heterocycles. The van der Waals surface area contributed by atoms with Gasteiger partial charge in [-0.05, 0) is 37.5 Å². The largest absolute Gasteiger partial charge is 0.360 e. The van der Waals surface area contributed by atoms with Crippen LogP contribution in [0.15, 0.2) is 53.3 Å². The van der Waals surface area contributed by atoms with Crippen LogP contribution < -0.4 is 5.32 Å². The van der Waals surface area contributed by atoms with E-state index in [1.165, 1.54) is 12.8 Å². The number of hydrogen-bond acceptors (Lipinski definition) is 8. The zero-order valence-electron chi connectivity index (χ0n) is 18.0. The Hall–Kier alpha value is -4.08. The second-order valence-corrected chi connectivity index (χ2v) is 8.43. The van der Waals surface area contributed by atoms with Crippen LogP contribution in [-0.4, -0.2) is 54.3 Å². The summed E-state index contributed by atoms with van der Waals surface area (Å²) in [7, 11) is 1.80. The fraction of sp³-hybridized carbons (Fsp3) is 0.304. The first-order valence-corrected chi connectivity index (χ1v) is 11.0. The van der Waals surface area contributed by atoms with E-state index < -0.39 is 0 Å². The van der Waals surface area contributed by atoms with Gasteiger partial charge in [0.15, 0.2) is 5.82 Å². The minimum absolute atomic E-state index is 0.0578. The summed E-state index contributed by atoms with van der Waals surface area (Å²) in [5.41, 5.74) is 2.60. The summed E-state index contributed by atoms with van der Waals surface area (Å²) in [4.78, 5) is 27.6. The number of likely N-dealkylation sites (N-methyl/N-ethyl adjacent to an activating group) is 1. The highest BCUT2D eigenvalue weighted by atomic mass is 16.5. The molecule has 0 spiro atoms. The maximum atomic E-state index is 12.3. The normalized spacial score (nSPS) is 18.2. The summed E-state index contributed by atoms with van der Waals surface area (Å²) in [6.07, 6.45) is 6.74. The van der Waals surface area contributed by atoms with Gasteiger partial charge in [0.1, 0.15) is 17.4 Å². The van der Waals surface area contributed by atoms with E-state index in [0.717, 1.165) is 13.0 Å². The van der Waals surface area contributed by atoms with E-state index in [-0.39, 0.29) is 11.8 Å². The van der Waals surface area contributed by atoms with Crippen LogP contribution in [0.25, 0.3) is 22.8 Å². The predicted molar refractivity (Wildman–Crippen MR) is 120 cm³/mol. The molecule has 1 saturated carbocycles. The Morgan fingerprint density at radius 3 is 2.64 bits per heavy atom. The first-order valence-electron chi connectivity index (χ1n) is 11.0. The molecule has 1 N–H and O–H groups in total. The Bertz CT molecular complexity index is 1330. The summed E-state index contributed by atoms with van der Waals surface area (Å²) in [5, 5.41) is 11.8. The summed E-state index contributed by atoms with van der Waals surface area (Å²) >= 11 is 0. The SMILES string of the molecule is CN1CCC(c2cc(-c3cccc(-c4ccnc(Nc5ccn(C6CC6)n5)n4)n3)no2)C1=O. The lowest BCUT2D eigenvalue weighted by atomic mass is 10.0. The van der Waals surface area contributed by atoms with Crippen LogP contribution in [-0.2, 0) is 4.79 Å². The molecule has 0 bridgehead atoms. The summed E-state index contributed by atoms with van der Waals surface area (Å²) in [6.45, 7) is 0.720. The Morgan fingerprint density at radius 2 is 1.85 bits per heavy atom. The second kappa shape index (κ2) is 7.80. The van der Waals surface area contributed by atoms with Crippen LogP contribution >= 0.6 is 0 Å². The molecule has 0 radical (unpaired) electrons. The highest BCUT2D eigenvalue weighted by Gasteiger charge is 2.33. The molecule has 1 unspecified atom stereocenters. The first kappa shape index (κ1) is 19.6. The molecule has 1 saturated heterocycles. The van der Waals surface area contributed by atoms with E-state index in [4.69, 9.17) is 9.51 Å². The van der Waals surface area contributed by atoms with Gasteiger partial charge in [-0.2, -0.15) is 5.10 Å². The van der Waals surface area contributed by atoms with Crippen molar-refractivity contribution in [1.29, 1.82) is 0 Å². The van der Waals surface area contributed by atoms with Crippen molar-refractivity contribution in [3.63, 3.8) is 0 Å². The minimum atomic E-state index is -0.279. The monoisotopic (exact) mass is 442 g/mol. The number of carbonyl (C=O) groups excluding carboxylic acids is 1. The number of nitrogens with one attached hydrogen (secondary N) is 1. The molecule has 6 rings (SSSR count). The lowest BCUT2D eigenvalue weighted by molar-refractivity contribution is -0.128. The molecule has 166 valence electrons. The summed E-state index contributed by atoms with van der Waals surface area (Å²) in [5.74, 6) is 1.52. The molecule has 1 aliphatic carbocycles. The summed E-state index contributed by atoms with van der Waals surface area (Å²) in [6, 6.07) is 11.7. The van der Waals surface area contributed by atoms with Crippen molar-refractivity contribution in [1.82, 2.24) is 34.8 Å². The minimum Gasteiger partial charge on any atom is -0.360 e. The highest BCUT2D eigenvalue weighted by molar-refractivity contribution is 5.85. The van der Waals surface area contributed by atoms with Crippen molar-refractivity contribution in [2.24, 2.45) is 0 Å². The molecule has 33 heavy (non-hydrogen) atoms. The van der Waals surface area contributed by atoms with Gasteiger partial charge >= 0.3 is 0 Å². The van der Waals surface area contributed by atoms with Gasteiger partial charge in [0.2, 0.25) is 11.9 Å². The van der Waals surface area contributed by atoms with Crippen LogP contribution in [0.2, 0.25) is 0 Å². The molecule has 2 fully saturated rings. The number of pyridine rings is 1. The number of amides is 1. The fourth-order valence-electron chi connectivity index (χ4n) is 4.00. The third-order valence-electron chi connectivity index (χ3n) is 6.00. The van der Waals surface area contributed by atoms with E-state index in [0.29, 0.717) is 46.3 Å². The van der Waals surface area contributed by atoms with Crippen molar-refractivity contribution >= 4 is 17.7 Å². The first-order chi connectivity index (χ1) is 16.1. The third kappa shape index (κ3) is 3.84. The molecule has 1 atom stereocenters. The van der Waals surface area contributed by atoms with Crippen LogP contribution in [0, 0.1) is 0 Å². The third-order valence-corrected chi connectivity index (χ3v) is 6.00. The Balaban J connectivity index is 1.23. The van der Waals surface area contributed by atoms with Gasteiger partial charge in [0.05, 0.1) is 23.1 Å². The number of rotatable bonds is 6. The molecule has 10 heteroatoms. The lowest BCUT2D eigenvalue weighted by Gasteiger charge is -2.07. The Kier molecular flexibility index (Phi) is 4.63. The number of nitrogens with zero attached hydrogens (tertiary/aromatic N) is 7. The van der Waals surface area contributed by atoms with E-state index in [1.807, 2.05) is 35.1 Å². The predicted octanol–water partition coefficient (Wildman–Crippen LogP) is 3.41. The standard InChI is InChI=1S/C23H22N8O2/c1-30-11-8-15(22(30)32)20-13-19(29-33-20)17-4-2-3-16(25-17)18-7-10-24-23(26-18)27-21-9-12-31(28-21)14-5-6-14/h2-4,7,9-10,12-15H,5-6,8,11H2,1H3,(H,24,26,27,28). The van der Waals surface area contributed by atoms with E-state index in [2.05, 4.69) is 25.5 Å². The van der Waals surface area contributed by atoms with Crippen molar-refractivity contribution in [2.75, 3.05) is 18.9 Å². The topological polar surface area (TPSA) is 115 Å². The molecule has 4 aromatic rings. The van der Waals surface area contributed by atoms with Gasteiger partial charge in [-0.1, -0.05) is 11.2 Å². The number of anilines is 2. The Morgan fingerprint density at radius 1 is 1.03 bits per heavy atom. The highest BCUT2D eigenvalue weighted by Crippen LogP contribution is 2.34. The molecule has 5 heterocycles. The van der Waals surface area contributed by atoms with Gasteiger partial charge in [-0.25, -0.2) is 15.0 Å². The van der Waals surface area contributed by atoms with Crippen LogP contribution in [0.1, 0.15) is 37.0 Å². The van der Waals surface area contributed by atoms with Gasteiger partial charge in [0.25, 0.3) is 0 Å². The molecule has 10 nitrogen and oxygen atoms in total. The van der Waals surface area contributed by atoms with Crippen molar-refractivity contribution in [3.05, 3.63) is 54.6 Å². The quantitative estimate of drug-likeness (QED) is 0.483. The fourth-order valence-corrected chi connectivity index (χ4v) is 4.00. The molecular weight excluding hydrogens is 420 g/mol. The van der Waals surface area contributed by atoms with E-state index >= 15 is 0 Å². The van der Waals surface area contributed by atoms with Gasteiger partial charge in [-0.15, -0.1) is 0 Å².